The Labute approximate surface area is 122 Å². The normalized spacial score (nSPS) is 15.5. The fourth-order valence-corrected chi connectivity index (χ4v) is 2.39. The average molecular weight is 320 g/mol. The molecule has 8 heteroatoms. The zero-order valence-corrected chi connectivity index (χ0v) is 11.4. The lowest BCUT2D eigenvalue weighted by molar-refractivity contribution is -0.139. The van der Waals surface area contributed by atoms with Crippen LogP contribution in [-0.2, 0) is 12.1 Å². The molecule has 3 nitrogen and oxygen atoms in total. The van der Waals surface area contributed by atoms with Crippen molar-refractivity contribution in [2.45, 2.75) is 30.9 Å². The Bertz CT molecular complexity index is 677. The summed E-state index contributed by atoms with van der Waals surface area (Å²) in [5.74, 6) is -0.386. The van der Waals surface area contributed by atoms with E-state index in [1.807, 2.05) is 0 Å². The molecule has 0 saturated heterocycles. The number of halogens is 5. The summed E-state index contributed by atoms with van der Waals surface area (Å²) < 4.78 is 53.4. The van der Waals surface area contributed by atoms with Gasteiger partial charge < -0.3 is 4.57 Å². The largest absolute Gasteiger partial charge is 0.419 e. The Morgan fingerprint density at radius 3 is 2.52 bits per heavy atom. The lowest BCUT2D eigenvalue weighted by Crippen LogP contribution is -2.09. The van der Waals surface area contributed by atoms with Crippen molar-refractivity contribution in [2.75, 3.05) is 0 Å². The number of aromatic nitrogens is 3. The number of rotatable bonds is 3. The topological polar surface area (TPSA) is 30.7 Å². The quantitative estimate of drug-likeness (QED) is 0.628. The molecule has 0 spiro atoms. The Kier molecular flexibility index (Phi) is 3.39. The molecule has 1 aliphatic rings. The summed E-state index contributed by atoms with van der Waals surface area (Å²) in [5.41, 5.74) is -1.13. The van der Waals surface area contributed by atoms with E-state index in [1.54, 1.807) is 4.57 Å². The van der Waals surface area contributed by atoms with E-state index in [2.05, 4.69) is 10.2 Å². The zero-order valence-electron chi connectivity index (χ0n) is 10.7. The van der Waals surface area contributed by atoms with Crippen LogP contribution in [0.2, 0.25) is 0 Å². The molecule has 3 rings (SSSR count). The van der Waals surface area contributed by atoms with Gasteiger partial charge in [-0.15, -0.1) is 21.8 Å². The van der Waals surface area contributed by atoms with Gasteiger partial charge in [0.15, 0.2) is 5.82 Å². The third-order valence-electron chi connectivity index (χ3n) is 3.33. The number of hydrogen-bond acceptors (Lipinski definition) is 2. The minimum absolute atomic E-state index is 0.122. The van der Waals surface area contributed by atoms with Crippen LogP contribution in [0.1, 0.15) is 30.3 Å². The summed E-state index contributed by atoms with van der Waals surface area (Å²) in [4.78, 5) is 0. The van der Waals surface area contributed by atoms with Crippen LogP contribution in [0.25, 0.3) is 11.4 Å². The van der Waals surface area contributed by atoms with Crippen LogP contribution in [0.15, 0.2) is 18.2 Å². The molecule has 1 aliphatic carbocycles. The molecular formula is C13H10ClF4N3. The van der Waals surface area contributed by atoms with Crippen molar-refractivity contribution in [1.29, 1.82) is 0 Å². The Hall–Kier alpha value is -1.63. The van der Waals surface area contributed by atoms with Crippen molar-refractivity contribution >= 4 is 11.6 Å². The second-order valence-electron chi connectivity index (χ2n) is 4.87. The minimum Gasteiger partial charge on any atom is -0.307 e. The van der Waals surface area contributed by atoms with E-state index in [0.717, 1.165) is 25.0 Å². The number of benzene rings is 1. The molecule has 1 aromatic carbocycles. The molecule has 0 bridgehead atoms. The van der Waals surface area contributed by atoms with E-state index < -0.39 is 17.6 Å². The molecule has 0 radical (unpaired) electrons. The monoisotopic (exact) mass is 319 g/mol. The second-order valence-corrected chi connectivity index (χ2v) is 5.13. The molecule has 1 heterocycles. The fourth-order valence-electron chi connectivity index (χ4n) is 2.21. The van der Waals surface area contributed by atoms with E-state index in [9.17, 15) is 17.6 Å². The highest BCUT2D eigenvalue weighted by Crippen LogP contribution is 2.40. The summed E-state index contributed by atoms with van der Waals surface area (Å²) in [7, 11) is 0. The van der Waals surface area contributed by atoms with E-state index in [4.69, 9.17) is 11.6 Å². The summed E-state index contributed by atoms with van der Waals surface area (Å²) in [6.07, 6.45) is -2.94. The van der Waals surface area contributed by atoms with Crippen molar-refractivity contribution in [3.05, 3.63) is 35.4 Å². The molecule has 0 unspecified atom stereocenters. The van der Waals surface area contributed by atoms with Gasteiger partial charge in [0.1, 0.15) is 11.6 Å². The Morgan fingerprint density at radius 1 is 1.24 bits per heavy atom. The van der Waals surface area contributed by atoms with Gasteiger partial charge >= 0.3 is 6.18 Å². The van der Waals surface area contributed by atoms with Gasteiger partial charge in [-0.2, -0.15) is 13.2 Å². The maximum atomic E-state index is 13.3. The number of hydrogen-bond donors (Lipinski definition) is 0. The van der Waals surface area contributed by atoms with Gasteiger partial charge in [-0.1, -0.05) is 0 Å². The van der Waals surface area contributed by atoms with Crippen molar-refractivity contribution in [1.82, 2.24) is 14.8 Å². The number of nitrogens with zero attached hydrogens (tertiary/aromatic N) is 3. The first kappa shape index (κ1) is 14.3. The van der Waals surface area contributed by atoms with Crippen molar-refractivity contribution in [3.63, 3.8) is 0 Å². The average Bonchev–Trinajstić information content (AvgIpc) is 3.17. The SMILES string of the molecule is Fc1ccc(-c2nnc(CCl)n2C2CC2)cc1C(F)(F)F. The molecule has 0 atom stereocenters. The van der Waals surface area contributed by atoms with Gasteiger partial charge in [-0.25, -0.2) is 4.39 Å². The lowest BCUT2D eigenvalue weighted by Gasteiger charge is -2.11. The smallest absolute Gasteiger partial charge is 0.307 e. The van der Waals surface area contributed by atoms with Crippen LogP contribution in [0, 0.1) is 5.82 Å². The fraction of sp³-hybridized carbons (Fsp3) is 0.385. The Balaban J connectivity index is 2.11. The van der Waals surface area contributed by atoms with Gasteiger partial charge in [0, 0.05) is 11.6 Å². The molecule has 1 aromatic heterocycles. The summed E-state index contributed by atoms with van der Waals surface area (Å²) in [5, 5.41) is 7.80. The van der Waals surface area contributed by atoms with Gasteiger partial charge in [0.05, 0.1) is 11.4 Å². The van der Waals surface area contributed by atoms with Gasteiger partial charge in [-0.05, 0) is 31.0 Å². The molecule has 21 heavy (non-hydrogen) atoms. The summed E-state index contributed by atoms with van der Waals surface area (Å²) in [6.45, 7) is 0. The van der Waals surface area contributed by atoms with E-state index in [-0.39, 0.29) is 17.5 Å². The highest BCUT2D eigenvalue weighted by molar-refractivity contribution is 6.16. The first-order valence-corrected chi connectivity index (χ1v) is 6.82. The first-order valence-electron chi connectivity index (χ1n) is 6.28. The third-order valence-corrected chi connectivity index (χ3v) is 3.57. The summed E-state index contributed by atoms with van der Waals surface area (Å²) >= 11 is 5.77. The molecule has 1 fully saturated rings. The van der Waals surface area contributed by atoms with Gasteiger partial charge in [0.2, 0.25) is 0 Å². The van der Waals surface area contributed by atoms with Crippen LogP contribution in [0.3, 0.4) is 0 Å². The van der Waals surface area contributed by atoms with E-state index in [0.29, 0.717) is 11.6 Å². The lowest BCUT2D eigenvalue weighted by atomic mass is 10.1. The molecular weight excluding hydrogens is 310 g/mol. The highest BCUT2D eigenvalue weighted by atomic mass is 35.5. The van der Waals surface area contributed by atoms with Crippen LogP contribution >= 0.6 is 11.6 Å². The van der Waals surface area contributed by atoms with E-state index in [1.165, 1.54) is 6.07 Å². The van der Waals surface area contributed by atoms with Gasteiger partial charge in [0.25, 0.3) is 0 Å². The van der Waals surface area contributed by atoms with Crippen LogP contribution in [0.4, 0.5) is 17.6 Å². The first-order chi connectivity index (χ1) is 9.91. The van der Waals surface area contributed by atoms with Crippen molar-refractivity contribution in [2.24, 2.45) is 0 Å². The minimum atomic E-state index is -4.75. The van der Waals surface area contributed by atoms with Crippen molar-refractivity contribution in [3.8, 4) is 11.4 Å². The van der Waals surface area contributed by atoms with E-state index >= 15 is 0 Å². The molecule has 0 aliphatic heterocycles. The number of alkyl halides is 4. The van der Waals surface area contributed by atoms with Crippen LogP contribution < -0.4 is 0 Å². The predicted molar refractivity (Wildman–Crippen MR) is 68.2 cm³/mol. The molecule has 0 amide bonds. The predicted octanol–water partition coefficient (Wildman–Crippen LogP) is 4.18. The molecule has 2 aromatic rings. The maximum Gasteiger partial charge on any atom is 0.419 e. The standard InChI is InChI=1S/C13H10ClF4N3/c14-6-11-19-20-12(21(11)8-2-3-8)7-1-4-10(15)9(5-7)13(16,17)18/h1,4-5,8H,2-3,6H2. The van der Waals surface area contributed by atoms with Crippen LogP contribution in [0.5, 0.6) is 0 Å². The third kappa shape index (κ3) is 2.62. The summed E-state index contributed by atoms with van der Waals surface area (Å²) in [6, 6.07) is 2.98. The van der Waals surface area contributed by atoms with Gasteiger partial charge in [-0.3, -0.25) is 0 Å². The molecule has 0 N–H and O–H groups in total. The Morgan fingerprint density at radius 2 is 1.95 bits per heavy atom. The molecule has 1 saturated carbocycles. The second kappa shape index (κ2) is 4.98. The highest BCUT2D eigenvalue weighted by Gasteiger charge is 2.35. The van der Waals surface area contributed by atoms with Crippen molar-refractivity contribution < 1.29 is 17.6 Å². The molecule has 112 valence electrons. The maximum absolute atomic E-state index is 13.3. The zero-order chi connectivity index (χ0) is 15.2. The van der Waals surface area contributed by atoms with Crippen LogP contribution in [-0.4, -0.2) is 14.8 Å².